The first-order chi connectivity index (χ1) is 15.2. The summed E-state index contributed by atoms with van der Waals surface area (Å²) < 4.78 is 2.14. The molecule has 1 saturated heterocycles. The number of rotatable bonds is 8. The second kappa shape index (κ2) is 10.6. The third-order valence-corrected chi connectivity index (χ3v) is 6.25. The van der Waals surface area contributed by atoms with E-state index in [9.17, 15) is 4.79 Å². The molecular formula is C25H29ClN4O. The maximum Gasteiger partial charge on any atom is 0.223 e. The Bertz CT molecular complexity index is 935. The van der Waals surface area contributed by atoms with Gasteiger partial charge in [-0.05, 0) is 42.0 Å². The molecule has 2 aromatic heterocycles. The van der Waals surface area contributed by atoms with Gasteiger partial charge in [-0.15, -0.1) is 0 Å². The summed E-state index contributed by atoms with van der Waals surface area (Å²) >= 11 is 6.08. The maximum atomic E-state index is 13.1. The number of hydrogen-bond donors (Lipinski definition) is 0. The molecule has 1 aliphatic rings. The number of aromatic nitrogens is 2. The zero-order chi connectivity index (χ0) is 21.5. The molecule has 0 saturated carbocycles. The third-order valence-electron chi connectivity index (χ3n) is 6.00. The predicted octanol–water partition coefficient (Wildman–Crippen LogP) is 4.10. The van der Waals surface area contributed by atoms with Crippen molar-refractivity contribution in [1.82, 2.24) is 19.4 Å². The van der Waals surface area contributed by atoms with Crippen LogP contribution in [0.2, 0.25) is 5.02 Å². The number of amides is 1. The summed E-state index contributed by atoms with van der Waals surface area (Å²) in [7, 11) is 0. The van der Waals surface area contributed by atoms with Crippen molar-refractivity contribution in [2.75, 3.05) is 32.7 Å². The molecule has 1 aliphatic heterocycles. The zero-order valence-corrected chi connectivity index (χ0v) is 18.5. The Labute approximate surface area is 189 Å². The molecule has 0 bridgehead atoms. The molecule has 0 N–H and O–H groups in total. The van der Waals surface area contributed by atoms with Crippen LogP contribution in [0.3, 0.4) is 0 Å². The van der Waals surface area contributed by atoms with Crippen molar-refractivity contribution in [2.24, 2.45) is 0 Å². The van der Waals surface area contributed by atoms with Crippen LogP contribution in [0, 0.1) is 0 Å². The van der Waals surface area contributed by atoms with E-state index in [0.717, 1.165) is 62.0 Å². The minimum atomic E-state index is 0.124. The van der Waals surface area contributed by atoms with E-state index in [1.165, 1.54) is 0 Å². The van der Waals surface area contributed by atoms with E-state index < -0.39 is 0 Å². The van der Waals surface area contributed by atoms with Crippen LogP contribution in [0.1, 0.15) is 23.6 Å². The summed E-state index contributed by atoms with van der Waals surface area (Å²) in [5.74, 6) is 0.357. The highest BCUT2D eigenvalue weighted by Crippen LogP contribution is 2.25. The average Bonchev–Trinajstić information content (AvgIpc) is 3.32. The first kappa shape index (κ1) is 21.6. The van der Waals surface area contributed by atoms with Gasteiger partial charge < -0.3 is 9.47 Å². The van der Waals surface area contributed by atoms with E-state index >= 15 is 0 Å². The van der Waals surface area contributed by atoms with Crippen LogP contribution < -0.4 is 0 Å². The smallest absolute Gasteiger partial charge is 0.223 e. The fraction of sp³-hybridized carbons (Fsp3) is 0.360. The summed E-state index contributed by atoms with van der Waals surface area (Å²) in [6.07, 6.45) is 7.40. The molecule has 5 nitrogen and oxygen atoms in total. The topological polar surface area (TPSA) is 41.4 Å². The largest absolute Gasteiger partial charge is 0.354 e. The molecule has 0 radical (unpaired) electrons. The number of piperazine rings is 1. The van der Waals surface area contributed by atoms with Gasteiger partial charge in [-0.3, -0.25) is 14.7 Å². The van der Waals surface area contributed by atoms with E-state index in [2.05, 4.69) is 20.5 Å². The van der Waals surface area contributed by atoms with Crippen molar-refractivity contribution in [2.45, 2.75) is 25.3 Å². The molecule has 1 aromatic carbocycles. The van der Waals surface area contributed by atoms with Gasteiger partial charge in [0.15, 0.2) is 0 Å². The lowest BCUT2D eigenvalue weighted by atomic mass is 9.94. The molecule has 1 fully saturated rings. The Morgan fingerprint density at radius 3 is 2.39 bits per heavy atom. The normalized spacial score (nSPS) is 15.7. The van der Waals surface area contributed by atoms with Crippen molar-refractivity contribution < 1.29 is 4.79 Å². The summed E-state index contributed by atoms with van der Waals surface area (Å²) in [6.45, 7) is 5.18. The fourth-order valence-electron chi connectivity index (χ4n) is 4.15. The van der Waals surface area contributed by atoms with E-state index in [1.54, 1.807) is 0 Å². The Kier molecular flexibility index (Phi) is 7.39. The number of carbonyl (C=O) groups is 1. The standard InChI is InChI=1S/C25H29ClN4O/c26-23-8-6-21(7-9-23)22(20-29-12-3-4-13-29)19-25(31)30-17-15-28(16-18-30)14-10-24-5-1-2-11-27-24/h1-9,11-13,22H,10,14-20H2. The fourth-order valence-corrected chi connectivity index (χ4v) is 4.27. The van der Waals surface area contributed by atoms with Gasteiger partial charge in [0.1, 0.15) is 0 Å². The molecule has 0 aliphatic carbocycles. The first-order valence-electron chi connectivity index (χ1n) is 10.9. The van der Waals surface area contributed by atoms with Gasteiger partial charge in [-0.25, -0.2) is 0 Å². The van der Waals surface area contributed by atoms with Gasteiger partial charge >= 0.3 is 0 Å². The van der Waals surface area contributed by atoms with Crippen LogP contribution in [0.5, 0.6) is 0 Å². The highest BCUT2D eigenvalue weighted by Gasteiger charge is 2.24. The van der Waals surface area contributed by atoms with Crippen molar-refractivity contribution in [1.29, 1.82) is 0 Å². The van der Waals surface area contributed by atoms with Gasteiger partial charge in [0.2, 0.25) is 5.91 Å². The minimum absolute atomic E-state index is 0.124. The molecule has 0 spiro atoms. The molecule has 6 heteroatoms. The highest BCUT2D eigenvalue weighted by molar-refractivity contribution is 6.30. The summed E-state index contributed by atoms with van der Waals surface area (Å²) in [5.41, 5.74) is 2.28. The Balaban J connectivity index is 1.31. The monoisotopic (exact) mass is 436 g/mol. The van der Waals surface area contributed by atoms with E-state index in [4.69, 9.17) is 11.6 Å². The summed E-state index contributed by atoms with van der Waals surface area (Å²) in [6, 6.07) is 18.0. The van der Waals surface area contributed by atoms with Gasteiger partial charge in [0.05, 0.1) is 0 Å². The number of benzene rings is 1. The molecule has 3 aromatic rings. The molecule has 31 heavy (non-hydrogen) atoms. The highest BCUT2D eigenvalue weighted by atomic mass is 35.5. The first-order valence-corrected chi connectivity index (χ1v) is 11.3. The van der Waals surface area contributed by atoms with Crippen molar-refractivity contribution in [3.8, 4) is 0 Å². The number of halogens is 1. The molecular weight excluding hydrogens is 408 g/mol. The Hall–Kier alpha value is -2.63. The van der Waals surface area contributed by atoms with Gasteiger partial charge in [-0.1, -0.05) is 29.8 Å². The van der Waals surface area contributed by atoms with E-state index in [-0.39, 0.29) is 11.8 Å². The lowest BCUT2D eigenvalue weighted by molar-refractivity contribution is -0.133. The van der Waals surface area contributed by atoms with Crippen LogP contribution in [0.15, 0.2) is 73.2 Å². The van der Waals surface area contributed by atoms with Crippen LogP contribution in [-0.4, -0.2) is 58.0 Å². The molecule has 1 unspecified atom stereocenters. The van der Waals surface area contributed by atoms with Crippen LogP contribution >= 0.6 is 11.6 Å². The summed E-state index contributed by atoms with van der Waals surface area (Å²) in [4.78, 5) is 22.0. The molecule has 3 heterocycles. The molecule has 1 amide bonds. The predicted molar refractivity (Wildman–Crippen MR) is 124 cm³/mol. The quantitative estimate of drug-likeness (QED) is 0.534. The zero-order valence-electron chi connectivity index (χ0n) is 17.7. The number of pyridine rings is 1. The van der Waals surface area contributed by atoms with Crippen molar-refractivity contribution in [3.05, 3.63) is 89.5 Å². The number of nitrogens with zero attached hydrogens (tertiary/aromatic N) is 4. The summed E-state index contributed by atoms with van der Waals surface area (Å²) in [5, 5.41) is 0.719. The SMILES string of the molecule is O=C(CC(Cn1cccc1)c1ccc(Cl)cc1)N1CCN(CCc2ccccn2)CC1. The van der Waals surface area contributed by atoms with Gasteiger partial charge in [0, 0.05) is 87.3 Å². The Morgan fingerprint density at radius 1 is 0.968 bits per heavy atom. The number of hydrogen-bond acceptors (Lipinski definition) is 3. The second-order valence-electron chi connectivity index (χ2n) is 8.13. The second-order valence-corrected chi connectivity index (χ2v) is 8.56. The van der Waals surface area contributed by atoms with Crippen LogP contribution in [0.25, 0.3) is 0 Å². The van der Waals surface area contributed by atoms with Gasteiger partial charge in [-0.2, -0.15) is 0 Å². The van der Waals surface area contributed by atoms with E-state index in [1.807, 2.05) is 72.0 Å². The molecule has 162 valence electrons. The maximum absolute atomic E-state index is 13.1. The molecule has 4 rings (SSSR count). The van der Waals surface area contributed by atoms with Crippen LogP contribution in [-0.2, 0) is 17.8 Å². The lowest BCUT2D eigenvalue weighted by Crippen LogP contribution is -2.49. The van der Waals surface area contributed by atoms with Crippen LogP contribution in [0.4, 0.5) is 0 Å². The van der Waals surface area contributed by atoms with Crippen molar-refractivity contribution in [3.63, 3.8) is 0 Å². The van der Waals surface area contributed by atoms with Gasteiger partial charge in [0.25, 0.3) is 0 Å². The average molecular weight is 437 g/mol. The molecule has 1 atom stereocenters. The number of carbonyl (C=O) groups excluding carboxylic acids is 1. The van der Waals surface area contributed by atoms with Crippen molar-refractivity contribution >= 4 is 17.5 Å². The Morgan fingerprint density at radius 2 is 1.71 bits per heavy atom. The lowest BCUT2D eigenvalue weighted by Gasteiger charge is -2.35. The third kappa shape index (κ3) is 6.18. The van der Waals surface area contributed by atoms with E-state index in [0.29, 0.717) is 6.42 Å². The minimum Gasteiger partial charge on any atom is -0.354 e.